The van der Waals surface area contributed by atoms with Crippen LogP contribution in [0.25, 0.3) is 0 Å². The summed E-state index contributed by atoms with van der Waals surface area (Å²) < 4.78 is 15.6. The second-order valence-corrected chi connectivity index (χ2v) is 3.69. The smallest absolute Gasteiger partial charge is 0.188 e. The molecular weight excluding hydrogens is 260 g/mol. The van der Waals surface area contributed by atoms with Crippen molar-refractivity contribution in [3.8, 4) is 11.5 Å². The van der Waals surface area contributed by atoms with Crippen molar-refractivity contribution in [3.05, 3.63) is 23.3 Å². The second kappa shape index (κ2) is 5.98. The van der Waals surface area contributed by atoms with Crippen LogP contribution in [0.15, 0.2) is 12.1 Å². The Balaban J connectivity index is 3.02. The van der Waals surface area contributed by atoms with Gasteiger partial charge in [-0.2, -0.15) is 0 Å². The van der Waals surface area contributed by atoms with Crippen molar-refractivity contribution in [2.24, 2.45) is 0 Å². The number of hydrogen-bond donors (Lipinski definition) is 0. The van der Waals surface area contributed by atoms with E-state index >= 15 is 0 Å². The maximum atomic E-state index is 5.43. The largest absolute Gasteiger partial charge is 0.493 e. The predicted octanol–water partition coefficient (Wildman–Crippen LogP) is 2.88. The van der Waals surface area contributed by atoms with Crippen LogP contribution in [0.4, 0.5) is 0 Å². The van der Waals surface area contributed by atoms with Gasteiger partial charge in [0.1, 0.15) is 0 Å². The summed E-state index contributed by atoms with van der Waals surface area (Å²) in [6.45, 7) is 2.21. The third-order valence-electron chi connectivity index (χ3n) is 1.99. The average Bonchev–Trinajstić information content (AvgIpc) is 2.25. The lowest BCUT2D eigenvalue weighted by atomic mass is 10.1. The van der Waals surface area contributed by atoms with E-state index in [0.29, 0.717) is 5.75 Å². The lowest BCUT2D eigenvalue weighted by Gasteiger charge is -2.13. The van der Waals surface area contributed by atoms with Gasteiger partial charge in [-0.3, -0.25) is 0 Å². The fraction of sp³-hybridized carbons (Fsp3) is 0.455. The summed E-state index contributed by atoms with van der Waals surface area (Å²) in [5.74, 6) is 1.48. The van der Waals surface area contributed by atoms with Crippen LogP contribution < -0.4 is 9.47 Å². The Morgan fingerprint density at radius 1 is 1.27 bits per heavy atom. The van der Waals surface area contributed by atoms with E-state index < -0.39 is 0 Å². The lowest BCUT2D eigenvalue weighted by molar-refractivity contribution is 0.0490. The van der Waals surface area contributed by atoms with Crippen LogP contribution in [0.1, 0.15) is 11.1 Å². The number of halogens is 1. The number of rotatable bonds is 5. The number of benzene rings is 1. The summed E-state index contributed by atoms with van der Waals surface area (Å²) in [6, 6.07) is 4.01. The molecule has 3 nitrogen and oxygen atoms in total. The Bertz CT molecular complexity index is 326. The van der Waals surface area contributed by atoms with E-state index in [2.05, 4.69) is 22.0 Å². The Hall–Kier alpha value is -0.740. The molecule has 0 heterocycles. The number of ether oxygens (including phenoxy) is 3. The molecule has 0 bridgehead atoms. The molecule has 0 saturated heterocycles. The monoisotopic (exact) mass is 274 g/mol. The highest BCUT2D eigenvalue weighted by Crippen LogP contribution is 2.32. The molecular formula is C11H15BrO3. The molecule has 0 aliphatic carbocycles. The van der Waals surface area contributed by atoms with Crippen LogP contribution in [-0.4, -0.2) is 21.0 Å². The highest BCUT2D eigenvalue weighted by atomic mass is 79.9. The van der Waals surface area contributed by atoms with Gasteiger partial charge in [0.2, 0.25) is 0 Å². The first-order chi connectivity index (χ1) is 7.22. The van der Waals surface area contributed by atoms with E-state index in [0.717, 1.165) is 22.2 Å². The highest BCUT2D eigenvalue weighted by Gasteiger charge is 2.09. The van der Waals surface area contributed by atoms with Crippen molar-refractivity contribution in [1.29, 1.82) is 0 Å². The molecule has 0 atom stereocenters. The Morgan fingerprint density at radius 2 is 2.00 bits per heavy atom. The summed E-state index contributed by atoms with van der Waals surface area (Å²) in [4.78, 5) is 0. The van der Waals surface area contributed by atoms with Crippen molar-refractivity contribution in [2.75, 3.05) is 21.0 Å². The van der Waals surface area contributed by atoms with Gasteiger partial charge in [0.15, 0.2) is 18.3 Å². The van der Waals surface area contributed by atoms with Crippen molar-refractivity contribution in [1.82, 2.24) is 0 Å². The van der Waals surface area contributed by atoms with E-state index in [1.807, 2.05) is 13.0 Å². The van der Waals surface area contributed by atoms with E-state index in [9.17, 15) is 0 Å². The maximum Gasteiger partial charge on any atom is 0.188 e. The van der Waals surface area contributed by atoms with Gasteiger partial charge in [0.05, 0.1) is 7.11 Å². The molecule has 84 valence electrons. The number of hydrogen-bond acceptors (Lipinski definition) is 3. The van der Waals surface area contributed by atoms with Gasteiger partial charge in [-0.15, -0.1) is 0 Å². The van der Waals surface area contributed by atoms with E-state index in [4.69, 9.17) is 14.2 Å². The van der Waals surface area contributed by atoms with Crippen LogP contribution in [-0.2, 0) is 10.1 Å². The number of alkyl halides is 1. The van der Waals surface area contributed by atoms with Gasteiger partial charge < -0.3 is 14.2 Å². The molecule has 0 aromatic heterocycles. The SMILES string of the molecule is COCOc1cc(CBr)cc(C)c1OC. The second-order valence-electron chi connectivity index (χ2n) is 3.13. The quantitative estimate of drug-likeness (QED) is 0.611. The first kappa shape index (κ1) is 12.3. The molecule has 0 N–H and O–H groups in total. The summed E-state index contributed by atoms with van der Waals surface area (Å²) >= 11 is 3.41. The number of aryl methyl sites for hydroxylation is 1. The minimum absolute atomic E-state index is 0.224. The lowest BCUT2D eigenvalue weighted by Crippen LogP contribution is -2.02. The van der Waals surface area contributed by atoms with Gasteiger partial charge >= 0.3 is 0 Å². The van der Waals surface area contributed by atoms with Gasteiger partial charge in [0, 0.05) is 12.4 Å². The van der Waals surface area contributed by atoms with Crippen LogP contribution >= 0.6 is 15.9 Å². The molecule has 0 amide bonds. The van der Waals surface area contributed by atoms with E-state index in [1.165, 1.54) is 0 Å². The summed E-state index contributed by atoms with van der Waals surface area (Å²) in [6.07, 6.45) is 0. The summed E-state index contributed by atoms with van der Waals surface area (Å²) in [7, 11) is 3.23. The van der Waals surface area contributed by atoms with Gasteiger partial charge in [-0.1, -0.05) is 22.0 Å². The van der Waals surface area contributed by atoms with Crippen molar-refractivity contribution in [2.45, 2.75) is 12.3 Å². The third kappa shape index (κ3) is 3.11. The van der Waals surface area contributed by atoms with Crippen LogP contribution in [0, 0.1) is 6.92 Å². The molecule has 4 heteroatoms. The van der Waals surface area contributed by atoms with Crippen molar-refractivity contribution < 1.29 is 14.2 Å². The van der Waals surface area contributed by atoms with Gasteiger partial charge in [-0.05, 0) is 24.1 Å². The molecule has 15 heavy (non-hydrogen) atoms. The fourth-order valence-corrected chi connectivity index (χ4v) is 1.71. The van der Waals surface area contributed by atoms with Crippen molar-refractivity contribution >= 4 is 15.9 Å². The molecule has 1 rings (SSSR count). The zero-order valence-corrected chi connectivity index (χ0v) is 10.8. The molecule has 0 aliphatic heterocycles. The molecule has 0 unspecified atom stereocenters. The highest BCUT2D eigenvalue weighted by molar-refractivity contribution is 9.08. The van der Waals surface area contributed by atoms with Gasteiger partial charge in [-0.25, -0.2) is 0 Å². The zero-order valence-electron chi connectivity index (χ0n) is 9.17. The molecule has 0 spiro atoms. The molecule has 0 fully saturated rings. The number of methoxy groups -OCH3 is 2. The van der Waals surface area contributed by atoms with Gasteiger partial charge in [0.25, 0.3) is 0 Å². The Kier molecular flexibility index (Phi) is 4.91. The minimum atomic E-state index is 0.224. The van der Waals surface area contributed by atoms with Crippen LogP contribution in [0.2, 0.25) is 0 Å². The third-order valence-corrected chi connectivity index (χ3v) is 2.64. The normalized spacial score (nSPS) is 10.1. The average molecular weight is 275 g/mol. The maximum absolute atomic E-state index is 5.43. The van der Waals surface area contributed by atoms with Crippen LogP contribution in [0.3, 0.4) is 0 Å². The molecule has 0 saturated carbocycles. The van der Waals surface area contributed by atoms with E-state index in [-0.39, 0.29) is 6.79 Å². The Morgan fingerprint density at radius 3 is 2.53 bits per heavy atom. The molecule has 0 aliphatic rings. The summed E-state index contributed by atoms with van der Waals surface area (Å²) in [5, 5.41) is 0.793. The molecule has 1 aromatic rings. The fourth-order valence-electron chi connectivity index (χ4n) is 1.38. The Labute approximate surface area is 98.5 Å². The summed E-state index contributed by atoms with van der Waals surface area (Å²) in [5.41, 5.74) is 2.21. The zero-order chi connectivity index (χ0) is 11.3. The van der Waals surface area contributed by atoms with Crippen LogP contribution in [0.5, 0.6) is 11.5 Å². The predicted molar refractivity (Wildman–Crippen MR) is 62.9 cm³/mol. The van der Waals surface area contributed by atoms with E-state index in [1.54, 1.807) is 14.2 Å². The minimum Gasteiger partial charge on any atom is -0.493 e. The topological polar surface area (TPSA) is 27.7 Å². The molecule has 1 aromatic carbocycles. The standard InChI is InChI=1S/C11H15BrO3/c1-8-4-9(6-12)5-10(11(8)14-3)15-7-13-2/h4-5H,6-7H2,1-3H3. The first-order valence-corrected chi connectivity index (χ1v) is 5.70. The van der Waals surface area contributed by atoms with Crippen molar-refractivity contribution in [3.63, 3.8) is 0 Å². The molecule has 0 radical (unpaired) electrons. The first-order valence-electron chi connectivity index (χ1n) is 4.58.